The molecule has 0 spiro atoms. The number of rotatable bonds is 12. The van der Waals surface area contributed by atoms with Crippen LogP contribution in [0.2, 0.25) is 0 Å². The molecule has 3 amide bonds. The Hall–Kier alpha value is -3.90. The van der Waals surface area contributed by atoms with Crippen LogP contribution in [0.1, 0.15) is 42.5 Å². The lowest BCUT2D eigenvalue weighted by molar-refractivity contribution is -0.129. The molecule has 1 atom stereocenters. The molecular formula is C29H35F2N5O4S. The second-order valence-corrected chi connectivity index (χ2v) is 10.7. The van der Waals surface area contributed by atoms with Gasteiger partial charge in [0.05, 0.1) is 28.9 Å². The molecule has 0 bridgehead atoms. The maximum absolute atomic E-state index is 15.0. The number of benzene rings is 1. The van der Waals surface area contributed by atoms with Crippen molar-refractivity contribution in [1.29, 1.82) is 0 Å². The summed E-state index contributed by atoms with van der Waals surface area (Å²) in [5, 5.41) is 11.5. The van der Waals surface area contributed by atoms with Crippen LogP contribution in [0.3, 0.4) is 0 Å². The topological polar surface area (TPSA) is 104 Å². The summed E-state index contributed by atoms with van der Waals surface area (Å²) in [4.78, 5) is 27.3. The highest BCUT2D eigenvalue weighted by Gasteiger charge is 2.25. The quantitative estimate of drug-likeness (QED) is 0.249. The minimum atomic E-state index is -1.20. The average Bonchev–Trinajstić information content (AvgIpc) is 3.67. The van der Waals surface area contributed by atoms with Crippen molar-refractivity contribution >= 4 is 40.4 Å². The number of carbonyl (C=O) groups excluding carboxylic acids is 2. The molecule has 1 aliphatic carbocycles. The van der Waals surface area contributed by atoms with Crippen LogP contribution in [0.5, 0.6) is 5.75 Å². The summed E-state index contributed by atoms with van der Waals surface area (Å²) in [6.45, 7) is 4.71. The Balaban J connectivity index is 1.45. The first kappa shape index (κ1) is 30.1. The molecule has 1 unspecified atom stereocenters. The van der Waals surface area contributed by atoms with Gasteiger partial charge in [0.25, 0.3) is 0 Å². The molecule has 12 heteroatoms. The SMILES string of the molecule is C/C=C(/Oc1ccc(NC(=O)NC2CC2)c(F)c1F)c1sc(C2C=CC(CN(CCOC)C(C)=O)=CN2)cc1NC. The van der Waals surface area contributed by atoms with Crippen molar-refractivity contribution in [3.05, 3.63) is 69.6 Å². The molecule has 1 aromatic carbocycles. The Morgan fingerprint density at radius 2 is 2.00 bits per heavy atom. The summed E-state index contributed by atoms with van der Waals surface area (Å²) >= 11 is 1.45. The van der Waals surface area contributed by atoms with Crippen molar-refractivity contribution in [1.82, 2.24) is 15.5 Å². The molecule has 41 heavy (non-hydrogen) atoms. The van der Waals surface area contributed by atoms with E-state index in [1.165, 1.54) is 30.4 Å². The number of carbonyl (C=O) groups is 2. The Labute approximate surface area is 242 Å². The van der Waals surface area contributed by atoms with Gasteiger partial charge in [-0.05, 0) is 49.6 Å². The van der Waals surface area contributed by atoms with Crippen LogP contribution in [-0.2, 0) is 9.53 Å². The van der Waals surface area contributed by atoms with E-state index in [1.54, 1.807) is 32.1 Å². The van der Waals surface area contributed by atoms with Crippen molar-refractivity contribution in [3.63, 3.8) is 0 Å². The number of allylic oxidation sites excluding steroid dienone is 1. The van der Waals surface area contributed by atoms with E-state index in [9.17, 15) is 18.4 Å². The standard InChI is InChI=1S/C29H35F2N5O4S/c1-5-23(40-24-11-10-21(26(30)27(24)31)35-29(38)34-19-7-8-19)28-22(32-3)14-25(41-28)20-9-6-18(15-33-20)16-36(17(2)37)12-13-39-4/h5-6,9-11,14-15,19-20,32-33H,7-8,12-13,16H2,1-4H3,(H2,34,35,38)/b23-5+. The third-order valence-corrected chi connectivity index (χ3v) is 7.81. The van der Waals surface area contributed by atoms with E-state index in [-0.39, 0.29) is 29.4 Å². The lowest BCUT2D eigenvalue weighted by Gasteiger charge is -2.24. The summed E-state index contributed by atoms with van der Waals surface area (Å²) in [5.74, 6) is -2.37. The van der Waals surface area contributed by atoms with Gasteiger partial charge in [-0.2, -0.15) is 4.39 Å². The van der Waals surface area contributed by atoms with Gasteiger partial charge in [0, 0.05) is 51.3 Å². The van der Waals surface area contributed by atoms with E-state index in [4.69, 9.17) is 9.47 Å². The van der Waals surface area contributed by atoms with Crippen molar-refractivity contribution in [2.45, 2.75) is 38.8 Å². The summed E-state index contributed by atoms with van der Waals surface area (Å²) in [7, 11) is 3.37. The molecule has 4 N–H and O–H groups in total. The van der Waals surface area contributed by atoms with Gasteiger partial charge in [0.1, 0.15) is 5.76 Å². The number of halogens is 2. The number of ether oxygens (including phenoxy) is 2. The Bertz CT molecular complexity index is 1370. The van der Waals surface area contributed by atoms with E-state index in [1.807, 2.05) is 24.4 Å². The normalized spacial score (nSPS) is 16.5. The van der Waals surface area contributed by atoms with E-state index in [2.05, 4.69) is 21.3 Å². The number of dihydropyridines is 1. The van der Waals surface area contributed by atoms with Gasteiger partial charge in [-0.1, -0.05) is 12.2 Å². The number of anilines is 2. The van der Waals surface area contributed by atoms with E-state index >= 15 is 0 Å². The molecule has 0 saturated heterocycles. The zero-order chi connectivity index (χ0) is 29.5. The minimum absolute atomic E-state index is 0.0276. The molecule has 1 fully saturated rings. The first-order valence-electron chi connectivity index (χ1n) is 13.3. The molecule has 220 valence electrons. The number of amides is 3. The lowest BCUT2D eigenvalue weighted by Crippen LogP contribution is -2.34. The number of nitrogens with zero attached hydrogens (tertiary/aromatic N) is 1. The fourth-order valence-electron chi connectivity index (χ4n) is 4.13. The highest BCUT2D eigenvalue weighted by molar-refractivity contribution is 7.13. The van der Waals surface area contributed by atoms with Crippen LogP contribution in [0.4, 0.5) is 25.0 Å². The number of hydrogen-bond acceptors (Lipinski definition) is 7. The predicted molar refractivity (Wildman–Crippen MR) is 157 cm³/mol. The van der Waals surface area contributed by atoms with Gasteiger partial charge < -0.3 is 35.6 Å². The molecule has 2 heterocycles. The Morgan fingerprint density at radius 1 is 1.22 bits per heavy atom. The van der Waals surface area contributed by atoms with Crippen molar-refractivity contribution in [2.24, 2.45) is 0 Å². The Kier molecular flexibility index (Phi) is 10.0. The van der Waals surface area contributed by atoms with Crippen molar-refractivity contribution in [2.75, 3.05) is 44.5 Å². The summed E-state index contributed by atoms with van der Waals surface area (Å²) in [6, 6.07) is 3.91. The molecule has 1 saturated carbocycles. The maximum Gasteiger partial charge on any atom is 0.319 e. The molecule has 1 aromatic heterocycles. The first-order valence-corrected chi connectivity index (χ1v) is 14.1. The zero-order valence-electron chi connectivity index (χ0n) is 23.5. The zero-order valence-corrected chi connectivity index (χ0v) is 24.3. The van der Waals surface area contributed by atoms with Gasteiger partial charge in [-0.15, -0.1) is 11.3 Å². The van der Waals surface area contributed by atoms with Gasteiger partial charge >= 0.3 is 6.03 Å². The van der Waals surface area contributed by atoms with Gasteiger partial charge in [-0.3, -0.25) is 4.79 Å². The highest BCUT2D eigenvalue weighted by atomic mass is 32.1. The smallest absolute Gasteiger partial charge is 0.319 e. The fourth-order valence-corrected chi connectivity index (χ4v) is 5.35. The van der Waals surface area contributed by atoms with Crippen LogP contribution in [0.15, 0.2) is 48.2 Å². The fraction of sp³-hybridized carbons (Fsp3) is 0.379. The van der Waals surface area contributed by atoms with Gasteiger partial charge in [0.2, 0.25) is 11.7 Å². The highest BCUT2D eigenvalue weighted by Crippen LogP contribution is 2.39. The summed E-state index contributed by atoms with van der Waals surface area (Å²) < 4.78 is 40.7. The van der Waals surface area contributed by atoms with Crippen molar-refractivity contribution in [3.8, 4) is 5.75 Å². The average molecular weight is 588 g/mol. The summed E-state index contributed by atoms with van der Waals surface area (Å²) in [6.07, 6.45) is 9.31. The van der Waals surface area contributed by atoms with Crippen molar-refractivity contribution < 1.29 is 27.8 Å². The Morgan fingerprint density at radius 3 is 2.61 bits per heavy atom. The second-order valence-electron chi connectivity index (χ2n) is 9.66. The van der Waals surface area contributed by atoms with Crippen LogP contribution in [-0.4, -0.2) is 56.7 Å². The van der Waals surface area contributed by atoms with Gasteiger partial charge in [-0.25, -0.2) is 9.18 Å². The van der Waals surface area contributed by atoms with Gasteiger partial charge in [0.15, 0.2) is 11.6 Å². The molecule has 2 aliphatic rings. The molecule has 9 nitrogen and oxygen atoms in total. The summed E-state index contributed by atoms with van der Waals surface area (Å²) in [5.41, 5.74) is 1.45. The molecule has 1 aliphatic heterocycles. The predicted octanol–water partition coefficient (Wildman–Crippen LogP) is 5.37. The third-order valence-electron chi connectivity index (χ3n) is 6.58. The van der Waals surface area contributed by atoms with Crippen LogP contribution >= 0.6 is 11.3 Å². The monoisotopic (exact) mass is 587 g/mol. The maximum atomic E-state index is 15.0. The number of methoxy groups -OCH3 is 1. The molecule has 4 rings (SSSR count). The molecule has 0 radical (unpaired) electrons. The van der Waals surface area contributed by atoms with Crippen LogP contribution < -0.4 is 26.0 Å². The van der Waals surface area contributed by atoms with E-state index < -0.39 is 17.7 Å². The van der Waals surface area contributed by atoms with Crippen LogP contribution in [0.25, 0.3) is 5.76 Å². The molecule has 2 aromatic rings. The number of thiophene rings is 1. The first-order chi connectivity index (χ1) is 19.7. The largest absolute Gasteiger partial charge is 0.453 e. The lowest BCUT2D eigenvalue weighted by atomic mass is 10.1. The second kappa shape index (κ2) is 13.6. The van der Waals surface area contributed by atoms with E-state index in [0.717, 1.165) is 29.0 Å². The minimum Gasteiger partial charge on any atom is -0.453 e. The number of urea groups is 1. The van der Waals surface area contributed by atoms with Crippen LogP contribution in [0, 0.1) is 11.6 Å². The third kappa shape index (κ3) is 7.65. The van der Waals surface area contributed by atoms with E-state index in [0.29, 0.717) is 30.3 Å². The number of nitrogens with one attached hydrogen (secondary N) is 4. The molecular weight excluding hydrogens is 552 g/mol. The number of hydrogen-bond donors (Lipinski definition) is 4.